The Morgan fingerprint density at radius 1 is 1.29 bits per heavy atom. The molecule has 3 nitrogen and oxygen atoms in total. The standard InChI is InChI=1S/C13H27NO2S/c1-12(2,3)11-7-5-6-8-13(11,14)9-10-17(4,15)16/h11H,5-10,14H2,1-4H3. The molecule has 2 N–H and O–H groups in total. The first-order valence-corrected chi connectivity index (χ1v) is 8.57. The van der Waals surface area contributed by atoms with Crippen molar-refractivity contribution >= 4 is 9.84 Å². The molecule has 0 aromatic carbocycles. The Hall–Kier alpha value is -0.0900. The van der Waals surface area contributed by atoms with Crippen LogP contribution < -0.4 is 5.73 Å². The molecule has 17 heavy (non-hydrogen) atoms. The minimum atomic E-state index is -2.91. The normalized spacial score (nSPS) is 31.5. The Morgan fingerprint density at radius 3 is 2.35 bits per heavy atom. The van der Waals surface area contributed by atoms with Gasteiger partial charge in [0.2, 0.25) is 0 Å². The van der Waals surface area contributed by atoms with Gasteiger partial charge in [-0.15, -0.1) is 0 Å². The average Bonchev–Trinajstić information content (AvgIpc) is 2.13. The molecule has 2 unspecified atom stereocenters. The van der Waals surface area contributed by atoms with Crippen LogP contribution in [-0.2, 0) is 9.84 Å². The molecule has 0 aromatic rings. The van der Waals surface area contributed by atoms with E-state index in [1.54, 1.807) is 0 Å². The molecular weight excluding hydrogens is 234 g/mol. The Balaban J connectivity index is 2.81. The van der Waals surface area contributed by atoms with Crippen molar-refractivity contribution in [3.63, 3.8) is 0 Å². The van der Waals surface area contributed by atoms with Crippen LogP contribution in [-0.4, -0.2) is 26.0 Å². The van der Waals surface area contributed by atoms with Crippen LogP contribution >= 0.6 is 0 Å². The second-order valence-corrected chi connectivity index (χ2v) is 9.04. The Morgan fingerprint density at radius 2 is 1.88 bits per heavy atom. The molecule has 102 valence electrons. The van der Waals surface area contributed by atoms with Crippen molar-refractivity contribution in [2.45, 2.75) is 58.4 Å². The number of nitrogens with two attached hydrogens (primary N) is 1. The highest BCUT2D eigenvalue weighted by Crippen LogP contribution is 2.44. The summed E-state index contributed by atoms with van der Waals surface area (Å²) in [4.78, 5) is 0. The van der Waals surface area contributed by atoms with Gasteiger partial charge < -0.3 is 5.73 Å². The topological polar surface area (TPSA) is 60.2 Å². The minimum Gasteiger partial charge on any atom is -0.325 e. The van der Waals surface area contributed by atoms with E-state index in [9.17, 15) is 8.42 Å². The van der Waals surface area contributed by atoms with E-state index in [0.29, 0.717) is 12.3 Å². The summed E-state index contributed by atoms with van der Waals surface area (Å²) in [7, 11) is -2.91. The Kier molecular flexibility index (Phi) is 4.30. The second-order valence-electron chi connectivity index (χ2n) is 6.78. The molecular formula is C13H27NO2S. The number of hydrogen-bond donors (Lipinski definition) is 1. The van der Waals surface area contributed by atoms with Crippen LogP contribution in [0.15, 0.2) is 0 Å². The van der Waals surface area contributed by atoms with Crippen molar-refractivity contribution in [1.29, 1.82) is 0 Å². The van der Waals surface area contributed by atoms with E-state index in [1.165, 1.54) is 12.7 Å². The summed E-state index contributed by atoms with van der Waals surface area (Å²) in [5.41, 5.74) is 6.40. The zero-order valence-corrected chi connectivity index (χ0v) is 12.4. The molecule has 2 atom stereocenters. The van der Waals surface area contributed by atoms with E-state index in [1.807, 2.05) is 0 Å². The van der Waals surface area contributed by atoms with E-state index in [0.717, 1.165) is 19.3 Å². The predicted octanol–water partition coefficient (Wildman–Crippen LogP) is 2.35. The van der Waals surface area contributed by atoms with Crippen LogP contribution in [0.25, 0.3) is 0 Å². The quantitative estimate of drug-likeness (QED) is 0.848. The van der Waals surface area contributed by atoms with Crippen molar-refractivity contribution in [3.05, 3.63) is 0 Å². The Bertz CT molecular complexity index is 356. The molecule has 1 saturated carbocycles. The third-order valence-corrected chi connectivity index (χ3v) is 5.01. The lowest BCUT2D eigenvalue weighted by atomic mass is 9.61. The van der Waals surface area contributed by atoms with Gasteiger partial charge in [0.05, 0.1) is 5.75 Å². The first kappa shape index (κ1) is 15.0. The van der Waals surface area contributed by atoms with Crippen molar-refractivity contribution in [3.8, 4) is 0 Å². The van der Waals surface area contributed by atoms with Gasteiger partial charge in [0, 0.05) is 11.8 Å². The zero-order chi connectivity index (χ0) is 13.3. The van der Waals surface area contributed by atoms with E-state index >= 15 is 0 Å². The van der Waals surface area contributed by atoms with E-state index in [-0.39, 0.29) is 16.7 Å². The Labute approximate surface area is 106 Å². The van der Waals surface area contributed by atoms with Crippen molar-refractivity contribution < 1.29 is 8.42 Å². The van der Waals surface area contributed by atoms with E-state index in [2.05, 4.69) is 20.8 Å². The summed E-state index contributed by atoms with van der Waals surface area (Å²) < 4.78 is 22.6. The second kappa shape index (κ2) is 4.88. The van der Waals surface area contributed by atoms with Gasteiger partial charge >= 0.3 is 0 Å². The van der Waals surface area contributed by atoms with Gasteiger partial charge in [0.25, 0.3) is 0 Å². The van der Waals surface area contributed by atoms with E-state index in [4.69, 9.17) is 5.73 Å². The highest BCUT2D eigenvalue weighted by atomic mass is 32.2. The molecule has 1 aliphatic rings. The highest BCUT2D eigenvalue weighted by molar-refractivity contribution is 7.90. The SMILES string of the molecule is CC(C)(C)C1CCCCC1(N)CCS(C)(=O)=O. The lowest BCUT2D eigenvalue weighted by Crippen LogP contribution is -2.54. The summed E-state index contributed by atoms with van der Waals surface area (Å²) in [6.07, 6.45) is 6.35. The summed E-state index contributed by atoms with van der Waals surface area (Å²) in [6, 6.07) is 0. The molecule has 0 aromatic heterocycles. The van der Waals surface area contributed by atoms with Gasteiger partial charge in [-0.25, -0.2) is 8.42 Å². The van der Waals surface area contributed by atoms with Crippen molar-refractivity contribution in [2.24, 2.45) is 17.1 Å². The van der Waals surface area contributed by atoms with Gasteiger partial charge in [-0.1, -0.05) is 33.6 Å². The van der Waals surface area contributed by atoms with Gasteiger partial charge in [0.15, 0.2) is 0 Å². The molecule has 0 amide bonds. The van der Waals surface area contributed by atoms with Crippen LogP contribution in [0.4, 0.5) is 0 Å². The zero-order valence-electron chi connectivity index (χ0n) is 11.6. The maximum Gasteiger partial charge on any atom is 0.147 e. The minimum absolute atomic E-state index is 0.159. The predicted molar refractivity (Wildman–Crippen MR) is 72.7 cm³/mol. The molecule has 0 spiro atoms. The number of rotatable bonds is 3. The van der Waals surface area contributed by atoms with Crippen LogP contribution in [0.5, 0.6) is 0 Å². The first-order valence-electron chi connectivity index (χ1n) is 6.51. The average molecular weight is 261 g/mol. The summed E-state index contributed by atoms with van der Waals surface area (Å²) in [5, 5.41) is 0. The van der Waals surface area contributed by atoms with E-state index < -0.39 is 9.84 Å². The number of hydrogen-bond acceptors (Lipinski definition) is 3. The molecule has 0 radical (unpaired) electrons. The molecule has 0 saturated heterocycles. The lowest BCUT2D eigenvalue weighted by Gasteiger charge is -2.48. The van der Waals surface area contributed by atoms with Crippen LogP contribution in [0.1, 0.15) is 52.9 Å². The fourth-order valence-corrected chi connectivity index (χ4v) is 3.99. The van der Waals surface area contributed by atoms with Crippen LogP contribution in [0.3, 0.4) is 0 Å². The molecule has 0 aliphatic heterocycles. The highest BCUT2D eigenvalue weighted by Gasteiger charge is 2.43. The van der Waals surface area contributed by atoms with Gasteiger partial charge in [-0.2, -0.15) is 0 Å². The molecule has 4 heteroatoms. The van der Waals surface area contributed by atoms with Crippen LogP contribution in [0.2, 0.25) is 0 Å². The van der Waals surface area contributed by atoms with Gasteiger partial charge in [-0.05, 0) is 30.6 Å². The third-order valence-electron chi connectivity index (χ3n) is 4.06. The molecule has 0 bridgehead atoms. The lowest BCUT2D eigenvalue weighted by molar-refractivity contribution is 0.0769. The molecule has 1 aliphatic carbocycles. The maximum atomic E-state index is 11.3. The number of sulfone groups is 1. The van der Waals surface area contributed by atoms with Crippen molar-refractivity contribution in [1.82, 2.24) is 0 Å². The first-order chi connectivity index (χ1) is 7.55. The van der Waals surface area contributed by atoms with Crippen LogP contribution in [0, 0.1) is 11.3 Å². The van der Waals surface area contributed by atoms with Crippen molar-refractivity contribution in [2.75, 3.05) is 12.0 Å². The molecule has 1 rings (SSSR count). The largest absolute Gasteiger partial charge is 0.325 e. The smallest absolute Gasteiger partial charge is 0.147 e. The fourth-order valence-electron chi connectivity index (χ4n) is 3.23. The fraction of sp³-hybridized carbons (Fsp3) is 1.00. The summed E-state index contributed by atoms with van der Waals surface area (Å²) in [5.74, 6) is 0.640. The summed E-state index contributed by atoms with van der Waals surface area (Å²) in [6.45, 7) is 6.64. The molecule has 0 heterocycles. The molecule has 1 fully saturated rings. The van der Waals surface area contributed by atoms with Gasteiger partial charge in [-0.3, -0.25) is 0 Å². The third kappa shape index (κ3) is 4.25. The van der Waals surface area contributed by atoms with Gasteiger partial charge in [0.1, 0.15) is 9.84 Å². The summed E-state index contributed by atoms with van der Waals surface area (Å²) >= 11 is 0. The maximum absolute atomic E-state index is 11.3. The monoisotopic (exact) mass is 261 g/mol.